The molecular formula is C19H21F3N4O2. The number of halogens is 3. The highest BCUT2D eigenvalue weighted by Gasteiger charge is 2.48. The number of carboxylic acids is 1. The Labute approximate surface area is 160 Å². The zero-order valence-corrected chi connectivity index (χ0v) is 15.4. The smallest absolute Gasteiger partial charge is 0.417 e. The minimum Gasteiger partial charge on any atom is -0.481 e. The third-order valence-corrected chi connectivity index (χ3v) is 6.46. The molecule has 0 radical (unpaired) electrons. The molecular weight excluding hydrogens is 373 g/mol. The van der Waals surface area contributed by atoms with Crippen molar-refractivity contribution in [3.05, 3.63) is 17.2 Å². The van der Waals surface area contributed by atoms with Gasteiger partial charge in [0.05, 0.1) is 5.56 Å². The van der Waals surface area contributed by atoms with E-state index in [1.54, 1.807) is 11.0 Å². The number of nitriles is 1. The molecule has 4 aliphatic rings. The summed E-state index contributed by atoms with van der Waals surface area (Å²) in [5, 5.41) is 18.4. The molecule has 3 aliphatic heterocycles. The molecule has 1 N–H and O–H groups in total. The second-order valence-corrected chi connectivity index (χ2v) is 8.09. The number of alkyl halides is 3. The molecule has 1 aliphatic carbocycles. The largest absolute Gasteiger partial charge is 0.481 e. The molecule has 1 saturated carbocycles. The molecule has 0 aromatic carbocycles. The minimum atomic E-state index is -4.64. The maximum absolute atomic E-state index is 13.7. The zero-order chi connectivity index (χ0) is 20.2. The quantitative estimate of drug-likeness (QED) is 0.845. The molecule has 1 aromatic heterocycles. The molecule has 0 spiro atoms. The average molecular weight is 394 g/mol. The van der Waals surface area contributed by atoms with Gasteiger partial charge in [0.2, 0.25) is 0 Å². The second kappa shape index (κ2) is 6.54. The minimum absolute atomic E-state index is 0.0469. The van der Waals surface area contributed by atoms with E-state index in [2.05, 4.69) is 4.98 Å². The van der Waals surface area contributed by atoms with E-state index in [9.17, 15) is 23.2 Å². The van der Waals surface area contributed by atoms with Gasteiger partial charge in [0.25, 0.3) is 0 Å². The summed E-state index contributed by atoms with van der Waals surface area (Å²) in [6.07, 6.45) is -2.78. The fourth-order valence-electron chi connectivity index (χ4n) is 4.76. The van der Waals surface area contributed by atoms with Gasteiger partial charge in [-0.1, -0.05) is 0 Å². The number of nitrogens with zero attached hydrogens (tertiary/aromatic N) is 4. The van der Waals surface area contributed by atoms with Gasteiger partial charge in [0, 0.05) is 32.1 Å². The van der Waals surface area contributed by atoms with Gasteiger partial charge in [-0.15, -0.1) is 0 Å². The number of carboxylic acid groups (broad SMARTS) is 1. The number of rotatable bonds is 4. The predicted molar refractivity (Wildman–Crippen MR) is 94.9 cm³/mol. The monoisotopic (exact) mass is 394 g/mol. The topological polar surface area (TPSA) is 80.5 Å². The van der Waals surface area contributed by atoms with Gasteiger partial charge in [-0.25, -0.2) is 4.98 Å². The molecule has 2 bridgehead atoms. The maximum atomic E-state index is 13.7. The standard InChI is InChI=1S/C19H21F3N4O2/c1-10-2-3-26(10)18-14(7-23)15(19(20,21)22)6-16(24-18)25-8-11-4-12(9-25)13(11)5-17(27)28/h6,10-13H,2-5,8-9H2,1H3,(H,27,28)/t10-,11-,12+,13?/m0/s1. The summed E-state index contributed by atoms with van der Waals surface area (Å²) in [5.74, 6) is -0.0977. The van der Waals surface area contributed by atoms with E-state index in [0.29, 0.717) is 19.6 Å². The highest BCUT2D eigenvalue weighted by molar-refractivity contribution is 5.68. The third kappa shape index (κ3) is 3.05. The number of anilines is 2. The molecule has 28 heavy (non-hydrogen) atoms. The first-order valence-electron chi connectivity index (χ1n) is 9.44. The summed E-state index contributed by atoms with van der Waals surface area (Å²) in [6, 6.07) is 2.73. The van der Waals surface area contributed by atoms with E-state index < -0.39 is 23.3 Å². The fourth-order valence-corrected chi connectivity index (χ4v) is 4.76. The Bertz CT molecular complexity index is 839. The number of aromatic nitrogens is 1. The molecule has 150 valence electrons. The predicted octanol–water partition coefficient (Wildman–Crippen LogP) is 3.12. The lowest BCUT2D eigenvalue weighted by Gasteiger charge is -2.54. The molecule has 4 fully saturated rings. The van der Waals surface area contributed by atoms with Crippen molar-refractivity contribution in [2.24, 2.45) is 17.8 Å². The van der Waals surface area contributed by atoms with Crippen LogP contribution in [-0.2, 0) is 11.0 Å². The van der Waals surface area contributed by atoms with Crippen LogP contribution < -0.4 is 9.80 Å². The number of pyridine rings is 1. The molecule has 9 heteroatoms. The summed E-state index contributed by atoms with van der Waals surface area (Å²) in [6.45, 7) is 3.48. The number of hydrogen-bond donors (Lipinski definition) is 1. The first-order valence-corrected chi connectivity index (χ1v) is 9.44. The van der Waals surface area contributed by atoms with Crippen LogP contribution in [0.4, 0.5) is 24.8 Å². The van der Waals surface area contributed by atoms with E-state index in [-0.39, 0.29) is 41.9 Å². The summed E-state index contributed by atoms with van der Waals surface area (Å²) < 4.78 is 41.0. The Balaban J connectivity index is 1.68. The van der Waals surface area contributed by atoms with E-state index in [1.807, 2.05) is 11.8 Å². The number of hydrogen-bond acceptors (Lipinski definition) is 5. The van der Waals surface area contributed by atoms with Crippen LogP contribution in [0.1, 0.15) is 37.3 Å². The molecule has 4 heterocycles. The summed E-state index contributed by atoms with van der Waals surface area (Å²) >= 11 is 0. The van der Waals surface area contributed by atoms with Gasteiger partial charge in [0.1, 0.15) is 23.3 Å². The zero-order valence-electron chi connectivity index (χ0n) is 15.4. The van der Waals surface area contributed by atoms with Crippen LogP contribution in [0.3, 0.4) is 0 Å². The highest BCUT2D eigenvalue weighted by atomic mass is 19.4. The Kier molecular flexibility index (Phi) is 4.40. The molecule has 6 nitrogen and oxygen atoms in total. The van der Waals surface area contributed by atoms with Crippen LogP contribution in [0.5, 0.6) is 0 Å². The third-order valence-electron chi connectivity index (χ3n) is 6.46. The van der Waals surface area contributed by atoms with Gasteiger partial charge in [-0.2, -0.15) is 18.4 Å². The lowest BCUT2D eigenvalue weighted by atomic mass is 9.60. The molecule has 3 saturated heterocycles. The van der Waals surface area contributed by atoms with E-state index in [0.717, 1.165) is 18.9 Å². The summed E-state index contributed by atoms with van der Waals surface area (Å²) in [4.78, 5) is 19.0. The van der Waals surface area contributed by atoms with Crippen molar-refractivity contribution in [3.8, 4) is 6.07 Å². The molecule has 4 atom stereocenters. The van der Waals surface area contributed by atoms with Crippen molar-refractivity contribution in [2.75, 3.05) is 29.4 Å². The van der Waals surface area contributed by atoms with Crippen LogP contribution in [0, 0.1) is 29.1 Å². The van der Waals surface area contributed by atoms with Crippen molar-refractivity contribution in [1.29, 1.82) is 5.26 Å². The van der Waals surface area contributed by atoms with Crippen molar-refractivity contribution < 1.29 is 23.1 Å². The van der Waals surface area contributed by atoms with E-state index in [1.165, 1.54) is 0 Å². The van der Waals surface area contributed by atoms with Crippen LogP contribution >= 0.6 is 0 Å². The highest BCUT2D eigenvalue weighted by Crippen LogP contribution is 2.49. The number of fused-ring (bicyclic) bond motifs is 2. The van der Waals surface area contributed by atoms with Gasteiger partial charge < -0.3 is 14.9 Å². The van der Waals surface area contributed by atoms with Crippen LogP contribution in [0.15, 0.2) is 6.07 Å². The SMILES string of the molecule is C[C@H]1CCN1c1nc(N2C[C@H]3C[C@@H](C2)C3CC(=O)O)cc(C(F)(F)F)c1C#N. The van der Waals surface area contributed by atoms with Crippen molar-refractivity contribution in [3.63, 3.8) is 0 Å². The van der Waals surface area contributed by atoms with Crippen molar-refractivity contribution in [2.45, 2.75) is 38.4 Å². The Hall–Kier alpha value is -2.50. The molecule has 5 rings (SSSR count). The fraction of sp³-hybridized carbons (Fsp3) is 0.632. The van der Waals surface area contributed by atoms with Crippen molar-refractivity contribution in [1.82, 2.24) is 4.98 Å². The number of carbonyl (C=O) groups is 1. The Morgan fingerprint density at radius 2 is 2.07 bits per heavy atom. The van der Waals surface area contributed by atoms with Gasteiger partial charge >= 0.3 is 12.1 Å². The first-order chi connectivity index (χ1) is 13.2. The maximum Gasteiger partial charge on any atom is 0.417 e. The second-order valence-electron chi connectivity index (χ2n) is 8.09. The first kappa shape index (κ1) is 18.8. The van der Waals surface area contributed by atoms with Crippen LogP contribution in [0.2, 0.25) is 0 Å². The van der Waals surface area contributed by atoms with Crippen molar-refractivity contribution >= 4 is 17.6 Å². The lowest BCUT2D eigenvalue weighted by molar-refractivity contribution is -0.141. The lowest BCUT2D eigenvalue weighted by Crippen LogP contribution is -2.56. The molecule has 1 aromatic rings. The van der Waals surface area contributed by atoms with E-state index in [4.69, 9.17) is 5.11 Å². The molecule has 1 unspecified atom stereocenters. The normalized spacial score (nSPS) is 29.0. The van der Waals surface area contributed by atoms with Crippen LogP contribution in [-0.4, -0.2) is 41.7 Å². The Morgan fingerprint density at radius 3 is 2.54 bits per heavy atom. The van der Waals surface area contributed by atoms with Gasteiger partial charge in [-0.05, 0) is 43.6 Å². The average Bonchev–Trinajstić information content (AvgIpc) is 2.63. The number of piperidine rings is 2. The van der Waals surface area contributed by atoms with Crippen LogP contribution in [0.25, 0.3) is 0 Å². The summed E-state index contributed by atoms with van der Waals surface area (Å²) in [5.41, 5.74) is -1.37. The number of aliphatic carboxylic acids is 1. The molecule has 0 amide bonds. The van der Waals surface area contributed by atoms with E-state index >= 15 is 0 Å². The summed E-state index contributed by atoms with van der Waals surface area (Å²) in [7, 11) is 0. The van der Waals surface area contributed by atoms with Gasteiger partial charge in [0.15, 0.2) is 0 Å². The van der Waals surface area contributed by atoms with Gasteiger partial charge in [-0.3, -0.25) is 4.79 Å². The Morgan fingerprint density at radius 1 is 1.39 bits per heavy atom.